The molecule has 0 aliphatic carbocycles. The van der Waals surface area contributed by atoms with Crippen molar-refractivity contribution in [3.05, 3.63) is 35.4 Å². The Morgan fingerprint density at radius 1 is 1.42 bits per heavy atom. The first-order chi connectivity index (χ1) is 9.13. The van der Waals surface area contributed by atoms with Crippen LogP contribution >= 0.6 is 0 Å². The highest BCUT2D eigenvalue weighted by Crippen LogP contribution is 2.28. The van der Waals surface area contributed by atoms with Crippen molar-refractivity contribution < 1.29 is 4.79 Å². The summed E-state index contributed by atoms with van der Waals surface area (Å²) in [5.41, 5.74) is 7.27. The monoisotopic (exact) mass is 257 g/mol. The molecule has 1 aromatic carbocycles. The lowest BCUT2D eigenvalue weighted by Crippen LogP contribution is -2.48. The van der Waals surface area contributed by atoms with E-state index >= 15 is 0 Å². The van der Waals surface area contributed by atoms with Gasteiger partial charge in [0.25, 0.3) is 0 Å². The van der Waals surface area contributed by atoms with Crippen molar-refractivity contribution >= 4 is 5.91 Å². The van der Waals surface area contributed by atoms with Crippen LogP contribution in [0.15, 0.2) is 24.3 Å². The van der Waals surface area contributed by atoms with Crippen molar-refractivity contribution in [2.45, 2.75) is 38.3 Å². The number of nitrogens with zero attached hydrogens (tertiary/aromatic N) is 2. The Labute approximate surface area is 113 Å². The van der Waals surface area contributed by atoms with Crippen LogP contribution in [0.5, 0.6) is 0 Å². The van der Waals surface area contributed by atoms with Crippen molar-refractivity contribution in [1.29, 1.82) is 5.26 Å². The van der Waals surface area contributed by atoms with Gasteiger partial charge in [-0.05, 0) is 44.0 Å². The number of hydrogen-bond acceptors (Lipinski definition) is 3. The first-order valence-electron chi connectivity index (χ1n) is 6.68. The van der Waals surface area contributed by atoms with Gasteiger partial charge >= 0.3 is 0 Å². The average molecular weight is 257 g/mol. The summed E-state index contributed by atoms with van der Waals surface area (Å²) >= 11 is 0. The molecule has 1 aliphatic heterocycles. The maximum Gasteiger partial charge on any atom is 0.234 e. The molecule has 2 N–H and O–H groups in total. The number of carbonyl (C=O) groups excluding carboxylic acids is 1. The van der Waals surface area contributed by atoms with Gasteiger partial charge in [-0.2, -0.15) is 5.26 Å². The van der Waals surface area contributed by atoms with Crippen LogP contribution in [0.2, 0.25) is 0 Å². The lowest BCUT2D eigenvalue weighted by molar-refractivity contribution is -0.125. The number of likely N-dealkylation sites (tertiary alicyclic amines) is 1. The van der Waals surface area contributed by atoms with Crippen LogP contribution in [0.1, 0.15) is 43.4 Å². The highest BCUT2D eigenvalue weighted by Gasteiger charge is 2.30. The molecule has 0 spiro atoms. The predicted molar refractivity (Wildman–Crippen MR) is 73.1 cm³/mol. The highest BCUT2D eigenvalue weighted by atomic mass is 16.1. The summed E-state index contributed by atoms with van der Waals surface area (Å²) in [6, 6.07) is 9.63. The second-order valence-electron chi connectivity index (χ2n) is 5.06. The van der Waals surface area contributed by atoms with Gasteiger partial charge in [-0.15, -0.1) is 0 Å². The maximum atomic E-state index is 11.5. The van der Waals surface area contributed by atoms with Crippen LogP contribution in [0.3, 0.4) is 0 Å². The molecule has 0 aromatic heterocycles. The Hall–Kier alpha value is -1.86. The van der Waals surface area contributed by atoms with Gasteiger partial charge in [0.2, 0.25) is 5.91 Å². The number of nitrogens with two attached hydrogens (primary N) is 1. The molecule has 4 heteroatoms. The van der Waals surface area contributed by atoms with E-state index in [0.717, 1.165) is 31.4 Å². The van der Waals surface area contributed by atoms with Gasteiger partial charge in [0.15, 0.2) is 0 Å². The largest absolute Gasteiger partial charge is 0.368 e. The quantitative estimate of drug-likeness (QED) is 0.899. The van der Waals surface area contributed by atoms with Gasteiger partial charge in [-0.3, -0.25) is 9.69 Å². The van der Waals surface area contributed by atoms with Crippen LogP contribution in [-0.4, -0.2) is 23.4 Å². The molecule has 2 unspecified atom stereocenters. The third kappa shape index (κ3) is 2.94. The second kappa shape index (κ2) is 5.85. The number of rotatable bonds is 3. The Morgan fingerprint density at radius 2 is 2.11 bits per heavy atom. The number of benzene rings is 1. The molecule has 1 aliphatic rings. The summed E-state index contributed by atoms with van der Waals surface area (Å²) in [5, 5.41) is 8.81. The first-order valence-corrected chi connectivity index (χ1v) is 6.68. The van der Waals surface area contributed by atoms with E-state index in [1.54, 1.807) is 0 Å². The lowest BCUT2D eigenvalue weighted by Gasteiger charge is -2.38. The van der Waals surface area contributed by atoms with E-state index < -0.39 is 0 Å². The fourth-order valence-electron chi connectivity index (χ4n) is 2.75. The summed E-state index contributed by atoms with van der Waals surface area (Å²) in [6.07, 6.45) is 3.00. The lowest BCUT2D eigenvalue weighted by atomic mass is 9.96. The molecule has 1 aromatic rings. The molecule has 1 heterocycles. The molecule has 1 amide bonds. The van der Waals surface area contributed by atoms with Crippen molar-refractivity contribution in [3.63, 3.8) is 0 Å². The van der Waals surface area contributed by atoms with Crippen LogP contribution < -0.4 is 5.73 Å². The third-order valence-corrected chi connectivity index (χ3v) is 3.89. The smallest absolute Gasteiger partial charge is 0.234 e. The highest BCUT2D eigenvalue weighted by molar-refractivity contribution is 5.80. The Balaban J connectivity index is 2.18. The second-order valence-corrected chi connectivity index (χ2v) is 5.06. The molecular weight excluding hydrogens is 238 g/mol. The molecule has 1 saturated heterocycles. The van der Waals surface area contributed by atoms with Gasteiger partial charge in [0, 0.05) is 6.04 Å². The summed E-state index contributed by atoms with van der Waals surface area (Å²) in [5.74, 6) is -0.236. The number of nitriles is 1. The zero-order valence-electron chi connectivity index (χ0n) is 11.2. The maximum absolute atomic E-state index is 11.5. The topological polar surface area (TPSA) is 70.1 Å². The van der Waals surface area contributed by atoms with E-state index in [-0.39, 0.29) is 18.0 Å². The molecule has 2 rings (SSSR count). The number of carbonyl (C=O) groups is 1. The van der Waals surface area contributed by atoms with E-state index in [0.29, 0.717) is 5.56 Å². The van der Waals surface area contributed by atoms with Crippen LogP contribution in [0, 0.1) is 11.3 Å². The number of primary amides is 1. The first kappa shape index (κ1) is 13.6. The van der Waals surface area contributed by atoms with Gasteiger partial charge < -0.3 is 5.73 Å². The molecule has 0 saturated carbocycles. The van der Waals surface area contributed by atoms with E-state index in [1.165, 1.54) is 0 Å². The minimum absolute atomic E-state index is 0.144. The molecule has 4 nitrogen and oxygen atoms in total. The molecule has 19 heavy (non-hydrogen) atoms. The number of piperidine rings is 1. The normalized spacial score (nSPS) is 21.6. The molecular formula is C15H19N3O. The standard InChI is InChI=1S/C15H19N3O/c1-11(13-7-5-12(10-16)6-8-13)18-9-3-2-4-14(18)15(17)19/h5-8,11,14H,2-4,9H2,1H3,(H2,17,19). The van der Waals surface area contributed by atoms with Crippen molar-refractivity contribution in [2.24, 2.45) is 5.73 Å². The zero-order valence-corrected chi connectivity index (χ0v) is 11.2. The fraction of sp³-hybridized carbons (Fsp3) is 0.467. The minimum Gasteiger partial charge on any atom is -0.368 e. The molecule has 2 atom stereocenters. The average Bonchev–Trinajstić information content (AvgIpc) is 2.46. The van der Waals surface area contributed by atoms with Gasteiger partial charge in [0.1, 0.15) is 0 Å². The molecule has 1 fully saturated rings. The van der Waals surface area contributed by atoms with Crippen molar-refractivity contribution in [1.82, 2.24) is 4.90 Å². The SMILES string of the molecule is CC(c1ccc(C#N)cc1)N1CCCCC1C(N)=O. The predicted octanol–water partition coefficient (Wildman–Crippen LogP) is 1.96. The Kier molecular flexibility index (Phi) is 4.18. The number of hydrogen-bond donors (Lipinski definition) is 1. The van der Waals surface area contributed by atoms with Crippen molar-refractivity contribution in [3.8, 4) is 6.07 Å². The molecule has 0 bridgehead atoms. The van der Waals surface area contributed by atoms with E-state index in [2.05, 4.69) is 17.9 Å². The number of amides is 1. The van der Waals surface area contributed by atoms with Crippen LogP contribution in [0.25, 0.3) is 0 Å². The summed E-state index contributed by atoms with van der Waals surface area (Å²) in [4.78, 5) is 13.7. The fourth-order valence-corrected chi connectivity index (χ4v) is 2.75. The van der Waals surface area contributed by atoms with E-state index in [9.17, 15) is 4.79 Å². The third-order valence-electron chi connectivity index (χ3n) is 3.89. The summed E-state index contributed by atoms with van der Waals surface area (Å²) < 4.78 is 0. The molecule has 0 radical (unpaired) electrons. The van der Waals surface area contributed by atoms with Crippen LogP contribution in [-0.2, 0) is 4.79 Å². The Bertz CT molecular complexity index is 489. The minimum atomic E-state index is -0.236. The summed E-state index contributed by atoms with van der Waals surface area (Å²) in [7, 11) is 0. The van der Waals surface area contributed by atoms with Crippen LogP contribution in [0.4, 0.5) is 0 Å². The van der Waals surface area contributed by atoms with E-state index in [4.69, 9.17) is 11.0 Å². The zero-order chi connectivity index (χ0) is 13.8. The summed E-state index contributed by atoms with van der Waals surface area (Å²) in [6.45, 7) is 2.98. The van der Waals surface area contributed by atoms with Crippen molar-refractivity contribution in [2.75, 3.05) is 6.54 Å². The van der Waals surface area contributed by atoms with Gasteiger partial charge in [-0.25, -0.2) is 0 Å². The van der Waals surface area contributed by atoms with Gasteiger partial charge in [0.05, 0.1) is 17.7 Å². The van der Waals surface area contributed by atoms with E-state index in [1.807, 2.05) is 24.3 Å². The van der Waals surface area contributed by atoms with Gasteiger partial charge in [-0.1, -0.05) is 18.6 Å². The molecule has 100 valence electrons. The Morgan fingerprint density at radius 3 is 2.68 bits per heavy atom.